The highest BCUT2D eigenvalue weighted by molar-refractivity contribution is 8.33. The first-order chi connectivity index (χ1) is 16.9. The van der Waals surface area contributed by atoms with Gasteiger partial charge in [-0.05, 0) is 30.4 Å². The van der Waals surface area contributed by atoms with E-state index < -0.39 is 0 Å². The zero-order valence-corrected chi connectivity index (χ0v) is 24.5. The first-order valence-corrected chi connectivity index (χ1v) is 15.9. The van der Waals surface area contributed by atoms with Gasteiger partial charge in [0.1, 0.15) is 13.2 Å². The molecule has 0 aliphatic rings. The molecule has 0 saturated carbocycles. The molecule has 0 radical (unpaired) electrons. The van der Waals surface area contributed by atoms with Crippen molar-refractivity contribution >= 4 is 37.8 Å². The molecule has 35 heavy (non-hydrogen) atoms. The average Bonchev–Trinajstić information content (AvgIpc) is 2.84. The largest absolute Gasteiger partial charge is 0.462 e. The van der Waals surface area contributed by atoms with Crippen LogP contribution in [-0.2, 0) is 31.9 Å². The van der Waals surface area contributed by atoms with E-state index in [9.17, 15) is 9.59 Å². The van der Waals surface area contributed by atoms with Crippen molar-refractivity contribution in [3.05, 3.63) is 109 Å². The Morgan fingerprint density at radius 2 is 1.17 bits per heavy atom. The van der Waals surface area contributed by atoms with Crippen LogP contribution >= 0.6 is 25.8 Å². The Bertz CT molecular complexity index is 823. The van der Waals surface area contributed by atoms with Crippen LogP contribution in [0.1, 0.15) is 38.3 Å². The van der Waals surface area contributed by atoms with Gasteiger partial charge in [0.2, 0.25) is 0 Å². The van der Waals surface area contributed by atoms with E-state index in [4.69, 9.17) is 4.74 Å². The first kappa shape index (κ1) is 35.1. The Kier molecular flexibility index (Phi) is 28.2. The Balaban J connectivity index is 0. The number of rotatable bonds is 9. The maximum atomic E-state index is 10.4. The molecule has 0 heterocycles. The molecule has 0 aromatic heterocycles. The van der Waals surface area contributed by atoms with Crippen molar-refractivity contribution in [3.8, 4) is 0 Å². The van der Waals surface area contributed by atoms with E-state index in [1.165, 1.54) is 25.0 Å². The van der Waals surface area contributed by atoms with Crippen LogP contribution in [0, 0.1) is 0 Å². The zero-order valence-electron chi connectivity index (χ0n) is 21.2. The number of esters is 2. The van der Waals surface area contributed by atoms with Gasteiger partial charge in [-0.1, -0.05) is 106 Å². The number of carbonyl (C=O) groups excluding carboxylic acids is 2. The topological polar surface area (TPSA) is 52.6 Å². The van der Waals surface area contributed by atoms with Gasteiger partial charge in [0.25, 0.3) is 0 Å². The van der Waals surface area contributed by atoms with Gasteiger partial charge in [0.05, 0.1) is 0 Å². The SMILES string of the molecule is C=CCc1ccccc1.CC(=O)OCC=CCc1ccccc1.CC/C=C\COC(C)=O.PPP. The van der Waals surface area contributed by atoms with Crippen LogP contribution in [0.4, 0.5) is 0 Å². The molecule has 0 amide bonds. The number of carbonyl (C=O) groups is 2. The van der Waals surface area contributed by atoms with E-state index in [-0.39, 0.29) is 11.9 Å². The van der Waals surface area contributed by atoms with Crippen molar-refractivity contribution in [3.63, 3.8) is 0 Å². The van der Waals surface area contributed by atoms with Gasteiger partial charge in [-0.15, -0.1) is 24.4 Å². The lowest BCUT2D eigenvalue weighted by atomic mass is 10.1. The molecule has 0 aliphatic carbocycles. The monoisotopic (exact) mass is 534 g/mol. The summed E-state index contributed by atoms with van der Waals surface area (Å²) in [5.41, 5.74) is 2.58. The van der Waals surface area contributed by atoms with Gasteiger partial charge < -0.3 is 9.47 Å². The number of hydrogen-bond acceptors (Lipinski definition) is 4. The number of benzene rings is 2. The van der Waals surface area contributed by atoms with Crippen molar-refractivity contribution in [1.29, 1.82) is 0 Å². The highest BCUT2D eigenvalue weighted by atomic mass is 32.4. The molecule has 2 aromatic carbocycles. The molecule has 7 heteroatoms. The van der Waals surface area contributed by atoms with Crippen LogP contribution < -0.4 is 0 Å². The fourth-order valence-electron chi connectivity index (χ4n) is 2.25. The number of allylic oxidation sites excluding steroid dienone is 3. The van der Waals surface area contributed by atoms with Crippen molar-refractivity contribution < 1.29 is 19.1 Å². The quantitative estimate of drug-likeness (QED) is 0.190. The molecule has 0 fully saturated rings. The number of hydrogen-bond donors (Lipinski definition) is 0. The summed E-state index contributed by atoms with van der Waals surface area (Å²) < 4.78 is 9.37. The molecule has 0 saturated heterocycles. The smallest absolute Gasteiger partial charge is 0.302 e. The average molecular weight is 535 g/mol. The molecule has 0 N–H and O–H groups in total. The van der Waals surface area contributed by atoms with Crippen LogP contribution in [0.15, 0.2) is 97.6 Å². The lowest BCUT2D eigenvalue weighted by Gasteiger charge is -1.96. The van der Waals surface area contributed by atoms with Gasteiger partial charge in [-0.25, -0.2) is 0 Å². The Labute approximate surface area is 218 Å². The van der Waals surface area contributed by atoms with E-state index in [0.717, 1.165) is 27.2 Å². The predicted octanol–water partition coefficient (Wildman–Crippen LogP) is 7.52. The minimum Gasteiger partial charge on any atom is -0.462 e. The third-order valence-corrected chi connectivity index (χ3v) is 3.75. The minimum atomic E-state index is -0.241. The van der Waals surface area contributed by atoms with Gasteiger partial charge >= 0.3 is 11.9 Å². The minimum absolute atomic E-state index is 0.226. The van der Waals surface area contributed by atoms with Gasteiger partial charge in [-0.3, -0.25) is 9.59 Å². The maximum Gasteiger partial charge on any atom is 0.302 e. The first-order valence-electron chi connectivity index (χ1n) is 11.3. The summed E-state index contributed by atoms with van der Waals surface area (Å²) in [5, 5.41) is 0. The molecule has 2 unspecified atom stereocenters. The molecule has 0 spiro atoms. The van der Waals surface area contributed by atoms with Gasteiger partial charge in [0, 0.05) is 13.8 Å². The van der Waals surface area contributed by atoms with Crippen LogP contribution in [-0.4, -0.2) is 25.2 Å². The van der Waals surface area contributed by atoms with E-state index in [1.807, 2.05) is 73.7 Å². The standard InChI is InChI=1S/C12H14O2.C9H10.C7H12O2.H5P3/c1-11(13)14-10-6-5-9-12-7-3-2-4-8-12;1-2-6-9-7-4-3-5-8-9;1-3-4-5-6-9-7(2)8;1-3-2/h2-8H,9-10H2,1H3;2-5,7-8H,1,6H2;4-5H,3,6H2,1-2H3;3H,1-2H2/b;;5-4-;. The van der Waals surface area contributed by atoms with Crippen LogP contribution in [0.25, 0.3) is 0 Å². The molecule has 4 nitrogen and oxygen atoms in total. The second-order valence-electron chi connectivity index (χ2n) is 6.79. The fraction of sp³-hybridized carbons (Fsp3) is 0.286. The van der Waals surface area contributed by atoms with Crippen molar-refractivity contribution in [1.82, 2.24) is 0 Å². The molecular formula is C28H41O4P3. The Morgan fingerprint density at radius 3 is 1.54 bits per heavy atom. The summed E-state index contributed by atoms with van der Waals surface area (Å²) in [6.45, 7) is 9.27. The maximum absolute atomic E-state index is 10.4. The molecular weight excluding hydrogens is 493 g/mol. The highest BCUT2D eigenvalue weighted by Crippen LogP contribution is 2.28. The molecule has 192 valence electrons. The molecule has 0 bridgehead atoms. The predicted molar refractivity (Wildman–Crippen MR) is 160 cm³/mol. The second kappa shape index (κ2) is 28.1. The summed E-state index contributed by atoms with van der Waals surface area (Å²) in [6, 6.07) is 20.4. The summed E-state index contributed by atoms with van der Waals surface area (Å²) in [7, 11) is 6.06. The van der Waals surface area contributed by atoms with Crippen molar-refractivity contribution in [2.75, 3.05) is 13.2 Å². The second-order valence-corrected chi connectivity index (χ2v) is 11.1. The Hall–Kier alpha value is -2.11. The highest BCUT2D eigenvalue weighted by Gasteiger charge is 1.88. The van der Waals surface area contributed by atoms with Gasteiger partial charge in [0.15, 0.2) is 0 Å². The van der Waals surface area contributed by atoms with Crippen molar-refractivity contribution in [2.45, 2.75) is 40.0 Å². The third kappa shape index (κ3) is 29.9. The van der Waals surface area contributed by atoms with E-state index in [1.54, 1.807) is 0 Å². The Morgan fingerprint density at radius 1 is 0.771 bits per heavy atom. The zero-order chi connectivity index (χ0) is 26.6. The summed E-state index contributed by atoms with van der Waals surface area (Å²) in [6.07, 6.45) is 12.4. The number of ether oxygens (including phenoxy) is 2. The van der Waals surface area contributed by atoms with Crippen LogP contribution in [0.2, 0.25) is 0 Å². The van der Waals surface area contributed by atoms with Gasteiger partial charge in [-0.2, -0.15) is 0 Å². The third-order valence-electron chi connectivity index (χ3n) is 3.75. The molecule has 2 rings (SSSR count). The lowest BCUT2D eigenvalue weighted by Crippen LogP contribution is -1.97. The van der Waals surface area contributed by atoms with E-state index in [0.29, 0.717) is 13.2 Å². The molecule has 0 aliphatic heterocycles. The lowest BCUT2D eigenvalue weighted by molar-refractivity contribution is -0.140. The van der Waals surface area contributed by atoms with E-state index >= 15 is 0 Å². The molecule has 2 atom stereocenters. The van der Waals surface area contributed by atoms with Crippen LogP contribution in [0.5, 0.6) is 0 Å². The van der Waals surface area contributed by atoms with Crippen molar-refractivity contribution in [2.24, 2.45) is 0 Å². The summed E-state index contributed by atoms with van der Waals surface area (Å²) >= 11 is 0. The molecule has 2 aromatic rings. The normalized spacial score (nSPS) is 9.51. The van der Waals surface area contributed by atoms with E-state index in [2.05, 4.69) is 53.4 Å². The summed E-state index contributed by atoms with van der Waals surface area (Å²) in [4.78, 5) is 20.6. The fourth-order valence-corrected chi connectivity index (χ4v) is 2.25. The van der Waals surface area contributed by atoms with Crippen LogP contribution in [0.3, 0.4) is 0 Å². The summed E-state index contributed by atoms with van der Waals surface area (Å²) in [5.74, 6) is -0.467.